The highest BCUT2D eigenvalue weighted by Crippen LogP contribution is 2.61. The lowest BCUT2D eigenvalue weighted by Crippen LogP contribution is -2.66. The van der Waals surface area contributed by atoms with Crippen LogP contribution in [-0.2, 0) is 8.85 Å². The Morgan fingerprint density at radius 1 is 0.964 bits per heavy atom. The maximum absolute atomic E-state index is 7.19. The van der Waals surface area contributed by atoms with Gasteiger partial charge in [-0.15, -0.1) is 6.58 Å². The highest BCUT2D eigenvalue weighted by molar-refractivity contribution is 6.74. The Hall–Kier alpha value is -0.166. The molecule has 1 aliphatic rings. The second kappa shape index (κ2) is 8.16. The van der Waals surface area contributed by atoms with Gasteiger partial charge in [0, 0.05) is 12.0 Å². The van der Waals surface area contributed by atoms with Gasteiger partial charge in [0.25, 0.3) is 0 Å². The summed E-state index contributed by atoms with van der Waals surface area (Å²) in [6.07, 6.45) is 6.31. The van der Waals surface area contributed by atoms with E-state index in [9.17, 15) is 0 Å². The Bertz CT molecular complexity index is 580. The molecule has 0 unspecified atom stereocenters. The Morgan fingerprint density at radius 2 is 1.46 bits per heavy atom. The summed E-state index contributed by atoms with van der Waals surface area (Å²) in [4.78, 5) is 0. The van der Waals surface area contributed by atoms with Crippen LogP contribution in [0.2, 0.25) is 36.3 Å². The van der Waals surface area contributed by atoms with Gasteiger partial charge in [-0.1, -0.05) is 54.2 Å². The minimum atomic E-state index is -1.94. The average molecular weight is 425 g/mol. The van der Waals surface area contributed by atoms with Crippen molar-refractivity contribution in [3.63, 3.8) is 0 Å². The molecule has 0 amide bonds. The summed E-state index contributed by atoms with van der Waals surface area (Å²) in [5.74, 6) is 0. The van der Waals surface area contributed by atoms with Crippen LogP contribution >= 0.6 is 0 Å². The van der Waals surface area contributed by atoms with Crippen molar-refractivity contribution >= 4 is 16.6 Å². The molecule has 1 fully saturated rings. The molecule has 0 bridgehead atoms. The van der Waals surface area contributed by atoms with Crippen LogP contribution in [-0.4, -0.2) is 28.8 Å². The van der Waals surface area contributed by atoms with Crippen molar-refractivity contribution in [3.05, 3.63) is 24.8 Å². The summed E-state index contributed by atoms with van der Waals surface area (Å²) in [7, 11) is -3.77. The molecule has 4 heteroatoms. The van der Waals surface area contributed by atoms with E-state index in [4.69, 9.17) is 8.85 Å². The number of hydrogen-bond acceptors (Lipinski definition) is 2. The molecule has 0 saturated heterocycles. The van der Waals surface area contributed by atoms with E-state index in [1.165, 1.54) is 5.57 Å². The van der Waals surface area contributed by atoms with Crippen molar-refractivity contribution < 1.29 is 8.85 Å². The fraction of sp³-hybridized carbons (Fsp3) is 0.833. The highest BCUT2D eigenvalue weighted by Gasteiger charge is 2.63. The molecule has 164 valence electrons. The molecule has 2 nitrogen and oxygen atoms in total. The summed E-state index contributed by atoms with van der Waals surface area (Å²) in [5, 5.41) is 0.387. The molecule has 0 N–H and O–H groups in total. The third-order valence-electron chi connectivity index (χ3n) is 8.08. The van der Waals surface area contributed by atoms with Gasteiger partial charge in [0.2, 0.25) is 0 Å². The fourth-order valence-corrected chi connectivity index (χ4v) is 6.45. The van der Waals surface area contributed by atoms with Crippen LogP contribution in [0.5, 0.6) is 0 Å². The maximum Gasteiger partial charge on any atom is 0.193 e. The van der Waals surface area contributed by atoms with Crippen molar-refractivity contribution in [2.75, 3.05) is 6.61 Å². The Morgan fingerprint density at radius 3 is 1.79 bits per heavy atom. The van der Waals surface area contributed by atoms with Gasteiger partial charge in [0.15, 0.2) is 16.6 Å². The van der Waals surface area contributed by atoms with Gasteiger partial charge in [-0.3, -0.25) is 0 Å². The molecule has 2 atom stereocenters. The molecule has 0 aromatic heterocycles. The zero-order valence-electron chi connectivity index (χ0n) is 20.8. The van der Waals surface area contributed by atoms with Crippen molar-refractivity contribution in [2.45, 2.75) is 116 Å². The summed E-state index contributed by atoms with van der Waals surface area (Å²) in [6.45, 7) is 34.7. The summed E-state index contributed by atoms with van der Waals surface area (Å²) < 4.78 is 14.0. The van der Waals surface area contributed by atoms with Crippen molar-refractivity contribution in [1.82, 2.24) is 0 Å². The van der Waals surface area contributed by atoms with Crippen LogP contribution in [0.25, 0.3) is 0 Å². The number of hydrogen-bond donors (Lipinski definition) is 0. The van der Waals surface area contributed by atoms with Gasteiger partial charge in [-0.05, 0) is 74.4 Å². The zero-order chi connectivity index (χ0) is 22.2. The van der Waals surface area contributed by atoms with E-state index in [1.807, 2.05) is 6.08 Å². The van der Waals surface area contributed by atoms with Gasteiger partial charge in [0.05, 0.1) is 5.60 Å². The largest absolute Gasteiger partial charge is 0.416 e. The van der Waals surface area contributed by atoms with Crippen LogP contribution < -0.4 is 0 Å². The van der Waals surface area contributed by atoms with E-state index in [0.717, 1.165) is 32.3 Å². The normalized spacial score (nSPS) is 26.7. The molecule has 28 heavy (non-hydrogen) atoms. The van der Waals surface area contributed by atoms with E-state index in [1.54, 1.807) is 0 Å². The Kier molecular flexibility index (Phi) is 7.54. The van der Waals surface area contributed by atoms with E-state index in [2.05, 4.69) is 87.8 Å². The molecule has 0 spiro atoms. The predicted molar refractivity (Wildman–Crippen MR) is 130 cm³/mol. The maximum atomic E-state index is 7.19. The predicted octanol–water partition coefficient (Wildman–Crippen LogP) is 8.09. The lowest BCUT2D eigenvalue weighted by Gasteiger charge is -2.63. The molecular formula is C24H48O2Si2. The minimum absolute atomic E-state index is 0.0120. The van der Waals surface area contributed by atoms with E-state index in [-0.39, 0.29) is 21.1 Å². The first-order valence-corrected chi connectivity index (χ1v) is 16.8. The summed E-state index contributed by atoms with van der Waals surface area (Å²) >= 11 is 0. The lowest BCUT2D eigenvalue weighted by atomic mass is 9.53. The van der Waals surface area contributed by atoms with Crippen LogP contribution in [0.4, 0.5) is 0 Å². The third kappa shape index (κ3) is 4.76. The van der Waals surface area contributed by atoms with Crippen molar-refractivity contribution in [2.24, 2.45) is 5.41 Å². The van der Waals surface area contributed by atoms with Crippen LogP contribution in [0, 0.1) is 5.41 Å². The zero-order valence-corrected chi connectivity index (χ0v) is 22.8. The molecule has 1 rings (SSSR count). The SMILES string of the molecule is C=CCC[C@@]1(CO[Si](C)(C)C(C)(C)C)CC[C@]1(O[Si](C)(C)C(C)(C)C)C(=C)C. The second-order valence-corrected chi connectivity index (χ2v) is 21.7. The smallest absolute Gasteiger partial charge is 0.193 e. The van der Waals surface area contributed by atoms with E-state index in [0.29, 0.717) is 0 Å². The van der Waals surface area contributed by atoms with Crippen molar-refractivity contribution in [3.8, 4) is 0 Å². The first-order valence-electron chi connectivity index (χ1n) is 11.0. The molecule has 0 aromatic rings. The van der Waals surface area contributed by atoms with E-state index < -0.39 is 16.6 Å². The number of rotatable bonds is 9. The highest BCUT2D eigenvalue weighted by atomic mass is 28.4. The third-order valence-corrected chi connectivity index (χ3v) is 17.0. The summed E-state index contributed by atoms with van der Waals surface area (Å²) in [5.41, 5.74) is 0.922. The molecule has 0 aromatic carbocycles. The molecular weight excluding hydrogens is 376 g/mol. The first kappa shape index (κ1) is 25.9. The second-order valence-electron chi connectivity index (χ2n) is 12.1. The topological polar surface area (TPSA) is 18.5 Å². The quantitative estimate of drug-likeness (QED) is 0.275. The summed E-state index contributed by atoms with van der Waals surface area (Å²) in [6, 6.07) is 0. The van der Waals surface area contributed by atoms with Gasteiger partial charge < -0.3 is 8.85 Å². The van der Waals surface area contributed by atoms with Crippen molar-refractivity contribution in [1.29, 1.82) is 0 Å². The van der Waals surface area contributed by atoms with Gasteiger partial charge in [-0.25, -0.2) is 0 Å². The fourth-order valence-electron chi connectivity index (χ4n) is 3.71. The van der Waals surface area contributed by atoms with Crippen LogP contribution in [0.3, 0.4) is 0 Å². The van der Waals surface area contributed by atoms with Crippen LogP contribution in [0.1, 0.15) is 74.1 Å². The molecule has 0 radical (unpaired) electrons. The Balaban J connectivity index is 3.31. The standard InChI is InChI=1S/C24H48O2Si2/c1-14-15-16-23(19-25-27(10,11)21(4,5)6)17-18-24(23,20(2)3)26-28(12,13)22(7,8)9/h14H,1-2,15-19H2,3-13H3/t23-,24-/m0/s1. The molecule has 1 saturated carbocycles. The minimum Gasteiger partial charge on any atom is -0.416 e. The van der Waals surface area contributed by atoms with Gasteiger partial charge >= 0.3 is 0 Å². The monoisotopic (exact) mass is 424 g/mol. The van der Waals surface area contributed by atoms with Gasteiger partial charge in [-0.2, -0.15) is 0 Å². The average Bonchev–Trinajstić information content (AvgIpc) is 2.49. The Labute approximate surface area is 178 Å². The van der Waals surface area contributed by atoms with Crippen LogP contribution in [0.15, 0.2) is 24.8 Å². The first-order chi connectivity index (χ1) is 12.4. The van der Waals surface area contributed by atoms with Gasteiger partial charge in [0.1, 0.15) is 0 Å². The number of allylic oxidation sites excluding steroid dienone is 1. The van der Waals surface area contributed by atoms with E-state index >= 15 is 0 Å². The molecule has 0 aliphatic heterocycles. The molecule has 1 aliphatic carbocycles. The lowest BCUT2D eigenvalue weighted by molar-refractivity contribution is -0.152. The molecule has 0 heterocycles.